The Hall–Kier alpha value is -2.21. The van der Waals surface area contributed by atoms with Crippen LogP contribution in [0.2, 0.25) is 5.02 Å². The number of nitrogen functional groups attached to an aromatic ring is 1. The lowest BCUT2D eigenvalue weighted by molar-refractivity contribution is 0.102. The third-order valence-corrected chi connectivity index (χ3v) is 2.62. The first-order valence-corrected chi connectivity index (χ1v) is 5.52. The Balaban J connectivity index is 2.28. The SMILES string of the molecule is Nc1ncc(F)cc1C(=O)Nc1ccc(F)cc1Cl. The number of pyridine rings is 1. The summed E-state index contributed by atoms with van der Waals surface area (Å²) in [5.41, 5.74) is 5.54. The standard InChI is InChI=1S/C12H8ClF2N3O/c13-9-4-6(14)1-2-10(9)18-12(19)8-3-7(15)5-17-11(8)16/h1-5H,(H2,16,17)(H,18,19). The van der Waals surface area contributed by atoms with Gasteiger partial charge in [-0.05, 0) is 24.3 Å². The molecule has 0 atom stereocenters. The number of nitrogens with zero attached hydrogens (tertiary/aromatic N) is 1. The van der Waals surface area contributed by atoms with Gasteiger partial charge in [0.05, 0.1) is 22.5 Å². The van der Waals surface area contributed by atoms with Crippen LogP contribution >= 0.6 is 11.6 Å². The molecule has 3 N–H and O–H groups in total. The van der Waals surface area contributed by atoms with Gasteiger partial charge in [-0.3, -0.25) is 4.79 Å². The van der Waals surface area contributed by atoms with Gasteiger partial charge in [0.25, 0.3) is 5.91 Å². The molecule has 0 saturated carbocycles. The number of nitrogens with two attached hydrogens (primary N) is 1. The van der Waals surface area contributed by atoms with E-state index >= 15 is 0 Å². The van der Waals surface area contributed by atoms with Gasteiger partial charge in [0.1, 0.15) is 17.5 Å². The molecule has 4 nitrogen and oxygen atoms in total. The minimum absolute atomic E-state index is 0.0243. The van der Waals surface area contributed by atoms with E-state index in [-0.39, 0.29) is 22.1 Å². The molecule has 0 aliphatic carbocycles. The van der Waals surface area contributed by atoms with Crippen LogP contribution in [0.3, 0.4) is 0 Å². The lowest BCUT2D eigenvalue weighted by atomic mass is 10.2. The van der Waals surface area contributed by atoms with Gasteiger partial charge in [-0.2, -0.15) is 0 Å². The number of amides is 1. The van der Waals surface area contributed by atoms with Crippen LogP contribution < -0.4 is 11.1 Å². The predicted octanol–water partition coefficient (Wildman–Crippen LogP) is 2.85. The number of hydrogen-bond donors (Lipinski definition) is 2. The summed E-state index contributed by atoms with van der Waals surface area (Å²) in [6.45, 7) is 0. The molecule has 1 heterocycles. The number of rotatable bonds is 2. The Bertz CT molecular complexity index is 649. The maximum absolute atomic E-state index is 13.0. The number of nitrogens with one attached hydrogen (secondary N) is 1. The number of benzene rings is 1. The van der Waals surface area contributed by atoms with Crippen LogP contribution in [-0.4, -0.2) is 10.9 Å². The Morgan fingerprint density at radius 1 is 1.26 bits per heavy atom. The fourth-order valence-electron chi connectivity index (χ4n) is 1.41. The summed E-state index contributed by atoms with van der Waals surface area (Å²) in [6.07, 6.45) is 0.900. The second-order valence-corrected chi connectivity index (χ2v) is 4.07. The van der Waals surface area contributed by atoms with Crippen molar-refractivity contribution in [1.29, 1.82) is 0 Å². The average molecular weight is 284 g/mol. The first-order chi connectivity index (χ1) is 8.97. The van der Waals surface area contributed by atoms with E-state index in [4.69, 9.17) is 17.3 Å². The minimum Gasteiger partial charge on any atom is -0.383 e. The number of halogens is 3. The van der Waals surface area contributed by atoms with E-state index in [9.17, 15) is 13.6 Å². The molecular weight excluding hydrogens is 276 g/mol. The first kappa shape index (κ1) is 13.2. The Morgan fingerprint density at radius 2 is 2.00 bits per heavy atom. The lowest BCUT2D eigenvalue weighted by Crippen LogP contribution is -2.15. The molecule has 98 valence electrons. The molecule has 0 bridgehead atoms. The van der Waals surface area contributed by atoms with Crippen molar-refractivity contribution in [2.45, 2.75) is 0 Å². The van der Waals surface area contributed by atoms with Gasteiger partial charge in [-0.1, -0.05) is 11.6 Å². The molecule has 0 spiro atoms. The van der Waals surface area contributed by atoms with E-state index in [0.717, 1.165) is 24.4 Å². The number of hydrogen-bond acceptors (Lipinski definition) is 3. The summed E-state index contributed by atoms with van der Waals surface area (Å²) in [7, 11) is 0. The third-order valence-electron chi connectivity index (χ3n) is 2.31. The number of aromatic nitrogens is 1. The quantitative estimate of drug-likeness (QED) is 0.890. The molecular formula is C12H8ClF2N3O. The van der Waals surface area contributed by atoms with Gasteiger partial charge in [0.15, 0.2) is 0 Å². The monoisotopic (exact) mass is 283 g/mol. The maximum atomic E-state index is 13.0. The van der Waals surface area contributed by atoms with Crippen LogP contribution in [0.4, 0.5) is 20.3 Å². The van der Waals surface area contributed by atoms with Crippen molar-refractivity contribution >= 4 is 29.0 Å². The number of carbonyl (C=O) groups excluding carboxylic acids is 1. The Labute approximate surface area is 112 Å². The van der Waals surface area contributed by atoms with Crippen LogP contribution in [0.5, 0.6) is 0 Å². The molecule has 0 fully saturated rings. The van der Waals surface area contributed by atoms with Gasteiger partial charge in [0.2, 0.25) is 0 Å². The molecule has 1 amide bonds. The largest absolute Gasteiger partial charge is 0.383 e. The van der Waals surface area contributed by atoms with Gasteiger partial charge < -0.3 is 11.1 Å². The fourth-order valence-corrected chi connectivity index (χ4v) is 1.63. The summed E-state index contributed by atoms with van der Waals surface area (Å²) in [6, 6.07) is 4.42. The van der Waals surface area contributed by atoms with Crippen molar-refractivity contribution in [2.24, 2.45) is 0 Å². The minimum atomic E-state index is -0.690. The Morgan fingerprint density at radius 3 is 2.68 bits per heavy atom. The average Bonchev–Trinajstić information content (AvgIpc) is 2.35. The van der Waals surface area contributed by atoms with E-state index in [2.05, 4.69) is 10.3 Å². The highest BCUT2D eigenvalue weighted by Crippen LogP contribution is 2.23. The zero-order valence-corrected chi connectivity index (χ0v) is 10.2. The summed E-state index contributed by atoms with van der Waals surface area (Å²) < 4.78 is 25.9. The smallest absolute Gasteiger partial charge is 0.259 e. The molecule has 0 aliphatic heterocycles. The molecule has 2 rings (SSSR count). The third kappa shape index (κ3) is 2.97. The van der Waals surface area contributed by atoms with Crippen molar-refractivity contribution in [3.05, 3.63) is 52.7 Å². The van der Waals surface area contributed by atoms with Gasteiger partial charge in [-0.15, -0.1) is 0 Å². The second kappa shape index (κ2) is 5.19. The van der Waals surface area contributed by atoms with Gasteiger partial charge in [-0.25, -0.2) is 13.8 Å². The van der Waals surface area contributed by atoms with E-state index in [0.29, 0.717) is 0 Å². The second-order valence-electron chi connectivity index (χ2n) is 3.66. The normalized spacial score (nSPS) is 10.3. The lowest BCUT2D eigenvalue weighted by Gasteiger charge is -2.08. The zero-order valence-electron chi connectivity index (χ0n) is 9.45. The van der Waals surface area contributed by atoms with Crippen LogP contribution in [-0.2, 0) is 0 Å². The van der Waals surface area contributed by atoms with E-state index in [1.54, 1.807) is 0 Å². The molecule has 0 radical (unpaired) electrons. The van der Waals surface area contributed by atoms with Crippen molar-refractivity contribution in [3.8, 4) is 0 Å². The van der Waals surface area contributed by atoms with E-state index in [1.807, 2.05) is 0 Å². The van der Waals surface area contributed by atoms with Crippen molar-refractivity contribution < 1.29 is 13.6 Å². The summed E-state index contributed by atoms with van der Waals surface area (Å²) >= 11 is 5.76. The van der Waals surface area contributed by atoms with Crippen LogP contribution in [0.15, 0.2) is 30.5 Å². The molecule has 1 aromatic heterocycles. The highest BCUT2D eigenvalue weighted by Gasteiger charge is 2.14. The number of anilines is 2. The van der Waals surface area contributed by atoms with Crippen molar-refractivity contribution in [3.63, 3.8) is 0 Å². The van der Waals surface area contributed by atoms with Gasteiger partial charge in [0, 0.05) is 0 Å². The highest BCUT2D eigenvalue weighted by molar-refractivity contribution is 6.34. The summed E-state index contributed by atoms with van der Waals surface area (Å²) in [5.74, 6) is -2.02. The van der Waals surface area contributed by atoms with Crippen molar-refractivity contribution in [1.82, 2.24) is 4.98 Å². The molecule has 0 aliphatic rings. The fraction of sp³-hybridized carbons (Fsp3) is 0. The highest BCUT2D eigenvalue weighted by atomic mass is 35.5. The summed E-state index contributed by atoms with van der Waals surface area (Å²) in [5, 5.41) is 2.42. The zero-order chi connectivity index (χ0) is 14.0. The molecule has 1 aromatic carbocycles. The number of carbonyl (C=O) groups is 1. The Kier molecular flexibility index (Phi) is 3.62. The summed E-state index contributed by atoms with van der Waals surface area (Å²) in [4.78, 5) is 15.4. The topological polar surface area (TPSA) is 68.0 Å². The maximum Gasteiger partial charge on any atom is 0.259 e. The molecule has 0 saturated heterocycles. The van der Waals surface area contributed by atoms with Crippen LogP contribution in [0.25, 0.3) is 0 Å². The van der Waals surface area contributed by atoms with Crippen molar-refractivity contribution in [2.75, 3.05) is 11.1 Å². The van der Waals surface area contributed by atoms with Crippen LogP contribution in [0.1, 0.15) is 10.4 Å². The van der Waals surface area contributed by atoms with Gasteiger partial charge >= 0.3 is 0 Å². The molecule has 0 unspecified atom stereocenters. The van der Waals surface area contributed by atoms with Crippen LogP contribution in [0, 0.1) is 11.6 Å². The van der Waals surface area contributed by atoms with E-state index < -0.39 is 17.5 Å². The van der Waals surface area contributed by atoms with E-state index in [1.165, 1.54) is 6.07 Å². The molecule has 2 aromatic rings. The molecule has 19 heavy (non-hydrogen) atoms. The molecule has 7 heteroatoms. The predicted molar refractivity (Wildman–Crippen MR) is 68.0 cm³/mol. The first-order valence-electron chi connectivity index (χ1n) is 5.15.